The minimum atomic E-state index is -0.0279. The Balaban J connectivity index is 3.12. The number of aryl methyl sites for hydroxylation is 1. The summed E-state index contributed by atoms with van der Waals surface area (Å²) < 4.78 is 1.46. The molecule has 0 bridgehead atoms. The SMILES string of the molecule is CCc1nn(CCO)c(N)c1C#N. The summed E-state index contributed by atoms with van der Waals surface area (Å²) >= 11 is 0. The van der Waals surface area contributed by atoms with Crippen LogP contribution in [0.1, 0.15) is 18.2 Å². The van der Waals surface area contributed by atoms with Crippen LogP contribution in [0.5, 0.6) is 0 Å². The fraction of sp³-hybridized carbons (Fsp3) is 0.500. The standard InChI is InChI=1S/C8H12N4O/c1-2-7-6(5-9)8(10)12(11-7)3-4-13/h13H,2-4,10H2,1H3. The van der Waals surface area contributed by atoms with Gasteiger partial charge in [-0.15, -0.1) is 0 Å². The van der Waals surface area contributed by atoms with E-state index in [1.165, 1.54) is 4.68 Å². The number of nitrogen functional groups attached to an aromatic ring is 1. The molecule has 13 heavy (non-hydrogen) atoms. The number of nitrogens with zero attached hydrogens (tertiary/aromatic N) is 3. The number of hydrogen-bond acceptors (Lipinski definition) is 4. The molecule has 0 aliphatic heterocycles. The van der Waals surface area contributed by atoms with Crippen molar-refractivity contribution in [3.05, 3.63) is 11.3 Å². The van der Waals surface area contributed by atoms with Crippen molar-refractivity contribution in [1.29, 1.82) is 5.26 Å². The van der Waals surface area contributed by atoms with E-state index in [4.69, 9.17) is 16.1 Å². The van der Waals surface area contributed by atoms with Crippen molar-refractivity contribution in [2.24, 2.45) is 0 Å². The lowest BCUT2D eigenvalue weighted by atomic mass is 10.2. The largest absolute Gasteiger partial charge is 0.394 e. The number of hydrogen-bond donors (Lipinski definition) is 2. The summed E-state index contributed by atoms with van der Waals surface area (Å²) in [7, 11) is 0. The number of nitriles is 1. The molecule has 5 heteroatoms. The molecule has 0 spiro atoms. The minimum absolute atomic E-state index is 0.0279. The lowest BCUT2D eigenvalue weighted by molar-refractivity contribution is 0.270. The zero-order valence-electron chi connectivity index (χ0n) is 7.49. The molecule has 3 N–H and O–H groups in total. The van der Waals surface area contributed by atoms with Gasteiger partial charge in [0.25, 0.3) is 0 Å². The number of nitrogens with two attached hydrogens (primary N) is 1. The van der Waals surface area contributed by atoms with Gasteiger partial charge in [0.2, 0.25) is 0 Å². The molecule has 0 amide bonds. The molecular weight excluding hydrogens is 168 g/mol. The first-order valence-electron chi connectivity index (χ1n) is 4.10. The van der Waals surface area contributed by atoms with Crippen LogP contribution in [0.3, 0.4) is 0 Å². The first kappa shape index (κ1) is 9.55. The summed E-state index contributed by atoms with van der Waals surface area (Å²) in [6.07, 6.45) is 0.672. The third kappa shape index (κ3) is 1.63. The van der Waals surface area contributed by atoms with E-state index in [2.05, 4.69) is 5.10 Å². The predicted octanol–water partition coefficient (Wildman–Crippen LogP) is -0.108. The molecular formula is C8H12N4O. The van der Waals surface area contributed by atoms with Crippen molar-refractivity contribution in [2.45, 2.75) is 19.9 Å². The van der Waals surface area contributed by atoms with E-state index < -0.39 is 0 Å². The van der Waals surface area contributed by atoms with Gasteiger partial charge in [0.1, 0.15) is 17.5 Å². The maximum atomic E-state index is 8.77. The topological polar surface area (TPSA) is 87.9 Å². The van der Waals surface area contributed by atoms with Gasteiger partial charge in [-0.3, -0.25) is 0 Å². The van der Waals surface area contributed by atoms with Crippen molar-refractivity contribution in [3.63, 3.8) is 0 Å². The summed E-state index contributed by atoms with van der Waals surface area (Å²) in [5.74, 6) is 0.341. The van der Waals surface area contributed by atoms with Gasteiger partial charge >= 0.3 is 0 Å². The van der Waals surface area contributed by atoms with Gasteiger partial charge in [-0.2, -0.15) is 10.4 Å². The van der Waals surface area contributed by atoms with Gasteiger partial charge in [-0.1, -0.05) is 6.92 Å². The Morgan fingerprint density at radius 2 is 2.38 bits per heavy atom. The lowest BCUT2D eigenvalue weighted by Gasteiger charge is -1.98. The highest BCUT2D eigenvalue weighted by atomic mass is 16.3. The van der Waals surface area contributed by atoms with Crippen LogP contribution in [0.2, 0.25) is 0 Å². The third-order valence-electron chi connectivity index (χ3n) is 1.82. The summed E-state index contributed by atoms with van der Waals surface area (Å²) in [6.45, 7) is 2.21. The molecule has 1 aromatic rings. The van der Waals surface area contributed by atoms with E-state index in [0.717, 1.165) is 0 Å². The van der Waals surface area contributed by atoms with Crippen LogP contribution >= 0.6 is 0 Å². The molecule has 0 atom stereocenters. The van der Waals surface area contributed by atoms with Crippen LogP contribution in [-0.2, 0) is 13.0 Å². The maximum absolute atomic E-state index is 8.77. The minimum Gasteiger partial charge on any atom is -0.394 e. The first-order valence-corrected chi connectivity index (χ1v) is 4.10. The van der Waals surface area contributed by atoms with E-state index in [0.29, 0.717) is 30.0 Å². The highest BCUT2D eigenvalue weighted by molar-refractivity contribution is 5.52. The zero-order valence-corrected chi connectivity index (χ0v) is 7.49. The molecule has 70 valence electrons. The molecule has 0 saturated heterocycles. The molecule has 1 rings (SSSR count). The molecule has 0 aliphatic carbocycles. The molecule has 0 fully saturated rings. The van der Waals surface area contributed by atoms with Crippen LogP contribution in [0.15, 0.2) is 0 Å². The Hall–Kier alpha value is -1.54. The quantitative estimate of drug-likeness (QED) is 0.679. The predicted molar refractivity (Wildman–Crippen MR) is 47.8 cm³/mol. The molecule has 1 heterocycles. The second-order valence-electron chi connectivity index (χ2n) is 2.62. The summed E-state index contributed by atoms with van der Waals surface area (Å²) in [6, 6.07) is 2.00. The molecule has 5 nitrogen and oxygen atoms in total. The van der Waals surface area contributed by atoms with Crippen LogP contribution < -0.4 is 5.73 Å². The number of anilines is 1. The molecule has 0 saturated carbocycles. The van der Waals surface area contributed by atoms with E-state index >= 15 is 0 Å². The highest BCUT2D eigenvalue weighted by Crippen LogP contribution is 2.15. The van der Waals surface area contributed by atoms with Crippen molar-refractivity contribution in [3.8, 4) is 6.07 Å². The molecule has 0 aliphatic rings. The monoisotopic (exact) mass is 180 g/mol. The van der Waals surface area contributed by atoms with Crippen LogP contribution in [0, 0.1) is 11.3 Å². The van der Waals surface area contributed by atoms with Gasteiger partial charge in [-0.05, 0) is 6.42 Å². The number of rotatable bonds is 3. The molecule has 0 aromatic carbocycles. The van der Waals surface area contributed by atoms with Gasteiger partial charge in [-0.25, -0.2) is 4.68 Å². The van der Waals surface area contributed by atoms with Crippen LogP contribution in [-0.4, -0.2) is 21.5 Å². The van der Waals surface area contributed by atoms with Crippen molar-refractivity contribution >= 4 is 5.82 Å². The average Bonchev–Trinajstić information content (AvgIpc) is 2.44. The van der Waals surface area contributed by atoms with Crippen molar-refractivity contribution in [2.75, 3.05) is 12.3 Å². The number of aliphatic hydroxyl groups excluding tert-OH is 1. The molecule has 0 radical (unpaired) electrons. The smallest absolute Gasteiger partial charge is 0.140 e. The fourth-order valence-corrected chi connectivity index (χ4v) is 1.16. The molecule has 0 unspecified atom stereocenters. The highest BCUT2D eigenvalue weighted by Gasteiger charge is 2.12. The van der Waals surface area contributed by atoms with Gasteiger partial charge < -0.3 is 10.8 Å². The Morgan fingerprint density at radius 1 is 1.69 bits per heavy atom. The van der Waals surface area contributed by atoms with E-state index in [1.54, 1.807) is 0 Å². The van der Waals surface area contributed by atoms with Crippen LogP contribution in [0.25, 0.3) is 0 Å². The van der Waals surface area contributed by atoms with E-state index in [9.17, 15) is 0 Å². The Bertz CT molecular complexity index is 337. The lowest BCUT2D eigenvalue weighted by Crippen LogP contribution is -2.07. The number of aromatic nitrogens is 2. The third-order valence-corrected chi connectivity index (χ3v) is 1.82. The normalized spacial score (nSPS) is 9.92. The van der Waals surface area contributed by atoms with E-state index in [1.807, 2.05) is 13.0 Å². The summed E-state index contributed by atoms with van der Waals surface area (Å²) in [5.41, 5.74) is 6.76. The molecule has 1 aromatic heterocycles. The average molecular weight is 180 g/mol. The summed E-state index contributed by atoms with van der Waals surface area (Å²) in [4.78, 5) is 0. The van der Waals surface area contributed by atoms with Crippen molar-refractivity contribution < 1.29 is 5.11 Å². The summed E-state index contributed by atoms with van der Waals surface area (Å²) in [5, 5.41) is 21.6. The van der Waals surface area contributed by atoms with Gasteiger partial charge in [0, 0.05) is 0 Å². The maximum Gasteiger partial charge on any atom is 0.140 e. The number of aliphatic hydroxyl groups is 1. The second kappa shape index (κ2) is 3.92. The fourth-order valence-electron chi connectivity index (χ4n) is 1.16. The van der Waals surface area contributed by atoms with Crippen molar-refractivity contribution in [1.82, 2.24) is 9.78 Å². The Labute approximate surface area is 76.4 Å². The Morgan fingerprint density at radius 3 is 2.77 bits per heavy atom. The first-order chi connectivity index (χ1) is 6.24. The Kier molecular flexibility index (Phi) is 2.88. The van der Waals surface area contributed by atoms with Gasteiger partial charge in [0.05, 0.1) is 18.8 Å². The van der Waals surface area contributed by atoms with Gasteiger partial charge in [0.15, 0.2) is 0 Å². The zero-order chi connectivity index (χ0) is 9.84. The van der Waals surface area contributed by atoms with E-state index in [-0.39, 0.29) is 6.61 Å². The van der Waals surface area contributed by atoms with Crippen LogP contribution in [0.4, 0.5) is 5.82 Å². The second-order valence-corrected chi connectivity index (χ2v) is 2.62.